The number of anilines is 1. The molecule has 0 atom stereocenters. The zero-order valence-electron chi connectivity index (χ0n) is 7.26. The highest BCUT2D eigenvalue weighted by Gasteiger charge is 2.17. The molecule has 2 N–H and O–H groups in total. The van der Waals surface area contributed by atoms with Crippen LogP contribution < -0.4 is 10.5 Å². The number of rotatable bonds is 1. The van der Waals surface area contributed by atoms with Crippen LogP contribution in [0, 0.1) is 0 Å². The van der Waals surface area contributed by atoms with Crippen molar-refractivity contribution in [3.8, 4) is 5.75 Å². The van der Waals surface area contributed by atoms with Gasteiger partial charge in [0.1, 0.15) is 5.75 Å². The Morgan fingerprint density at radius 3 is 3.08 bits per heavy atom. The van der Waals surface area contributed by atoms with Gasteiger partial charge in [-0.1, -0.05) is 13.0 Å². The fourth-order valence-electron chi connectivity index (χ4n) is 1.66. The second kappa shape index (κ2) is 2.70. The van der Waals surface area contributed by atoms with E-state index in [1.54, 1.807) is 0 Å². The average molecular weight is 163 g/mol. The van der Waals surface area contributed by atoms with E-state index >= 15 is 0 Å². The van der Waals surface area contributed by atoms with E-state index in [-0.39, 0.29) is 0 Å². The van der Waals surface area contributed by atoms with Gasteiger partial charge in [0.05, 0.1) is 6.61 Å². The molecule has 2 heteroatoms. The lowest BCUT2D eigenvalue weighted by Crippen LogP contribution is -1.93. The fourth-order valence-corrected chi connectivity index (χ4v) is 1.66. The maximum absolute atomic E-state index is 5.82. The van der Waals surface area contributed by atoms with Crippen LogP contribution in [-0.2, 0) is 12.8 Å². The van der Waals surface area contributed by atoms with E-state index < -0.39 is 0 Å². The van der Waals surface area contributed by atoms with Gasteiger partial charge >= 0.3 is 0 Å². The molecule has 2 nitrogen and oxygen atoms in total. The maximum atomic E-state index is 5.82. The summed E-state index contributed by atoms with van der Waals surface area (Å²) in [5.41, 5.74) is 9.17. The number of aryl methyl sites for hydroxylation is 1. The van der Waals surface area contributed by atoms with Crippen LogP contribution in [-0.4, -0.2) is 6.61 Å². The molecule has 0 aliphatic carbocycles. The van der Waals surface area contributed by atoms with Gasteiger partial charge in [0.15, 0.2) is 0 Å². The van der Waals surface area contributed by atoms with Crippen molar-refractivity contribution in [3.63, 3.8) is 0 Å². The van der Waals surface area contributed by atoms with E-state index in [1.165, 1.54) is 11.1 Å². The van der Waals surface area contributed by atoms with Crippen LogP contribution in [0.25, 0.3) is 0 Å². The predicted octanol–water partition coefficient (Wildman–Crippen LogP) is 1.77. The first-order valence-electron chi connectivity index (χ1n) is 4.36. The quantitative estimate of drug-likeness (QED) is 0.640. The van der Waals surface area contributed by atoms with Gasteiger partial charge < -0.3 is 10.5 Å². The van der Waals surface area contributed by atoms with Crippen molar-refractivity contribution in [1.82, 2.24) is 0 Å². The summed E-state index contributed by atoms with van der Waals surface area (Å²) in [6.07, 6.45) is 1.98. The van der Waals surface area contributed by atoms with Crippen LogP contribution in [0.5, 0.6) is 5.75 Å². The highest BCUT2D eigenvalue weighted by Crippen LogP contribution is 2.33. The normalized spacial score (nSPS) is 14.1. The minimum Gasteiger partial charge on any atom is -0.493 e. The highest BCUT2D eigenvalue weighted by atomic mass is 16.5. The molecule has 0 aromatic heterocycles. The van der Waals surface area contributed by atoms with E-state index in [2.05, 4.69) is 13.0 Å². The van der Waals surface area contributed by atoms with Gasteiger partial charge in [0, 0.05) is 17.7 Å². The lowest BCUT2D eigenvalue weighted by atomic mass is 10.0. The van der Waals surface area contributed by atoms with Crippen LogP contribution in [0.1, 0.15) is 18.1 Å². The van der Waals surface area contributed by atoms with Crippen molar-refractivity contribution in [2.24, 2.45) is 0 Å². The lowest BCUT2D eigenvalue weighted by Gasteiger charge is -2.06. The number of hydrogen-bond donors (Lipinski definition) is 1. The molecule has 0 saturated heterocycles. The minimum absolute atomic E-state index is 0.788. The molecule has 0 bridgehead atoms. The first-order chi connectivity index (χ1) is 5.83. The molecule has 0 fully saturated rings. The molecule has 0 unspecified atom stereocenters. The molecular formula is C10H13NO. The number of nitrogens with two attached hydrogens (primary N) is 1. The monoisotopic (exact) mass is 163 g/mol. The maximum Gasteiger partial charge on any atom is 0.127 e. The van der Waals surface area contributed by atoms with Crippen molar-refractivity contribution >= 4 is 5.69 Å². The third kappa shape index (κ3) is 0.951. The van der Waals surface area contributed by atoms with E-state index in [9.17, 15) is 0 Å². The number of ether oxygens (including phenoxy) is 1. The zero-order chi connectivity index (χ0) is 8.55. The average Bonchev–Trinajstić information content (AvgIpc) is 2.54. The van der Waals surface area contributed by atoms with Crippen LogP contribution >= 0.6 is 0 Å². The molecule has 1 aliphatic rings. The van der Waals surface area contributed by atoms with E-state index in [0.29, 0.717) is 0 Å². The Balaban J connectivity index is 2.57. The third-order valence-electron chi connectivity index (χ3n) is 2.36. The Kier molecular flexibility index (Phi) is 1.68. The standard InChI is InChI=1S/C10H13NO/c1-2-7-3-4-9(11)8-5-6-12-10(7)8/h3-4H,2,5-6,11H2,1H3. The topological polar surface area (TPSA) is 35.2 Å². The smallest absolute Gasteiger partial charge is 0.127 e. The molecule has 0 amide bonds. The van der Waals surface area contributed by atoms with Crippen molar-refractivity contribution in [1.29, 1.82) is 0 Å². The molecule has 0 spiro atoms. The number of fused-ring (bicyclic) bond motifs is 1. The second-order valence-electron chi connectivity index (χ2n) is 3.07. The largest absolute Gasteiger partial charge is 0.493 e. The van der Waals surface area contributed by atoms with Gasteiger partial charge in [0.2, 0.25) is 0 Å². The molecule has 1 aromatic carbocycles. The summed E-state index contributed by atoms with van der Waals surface area (Å²) in [6.45, 7) is 2.92. The summed E-state index contributed by atoms with van der Waals surface area (Å²) >= 11 is 0. The summed E-state index contributed by atoms with van der Waals surface area (Å²) in [5.74, 6) is 1.04. The van der Waals surface area contributed by atoms with Crippen LogP contribution in [0.3, 0.4) is 0 Å². The molecule has 1 heterocycles. The summed E-state index contributed by atoms with van der Waals surface area (Å²) in [5, 5.41) is 0. The van der Waals surface area contributed by atoms with Crippen molar-refractivity contribution < 1.29 is 4.74 Å². The van der Waals surface area contributed by atoms with Crippen molar-refractivity contribution in [3.05, 3.63) is 23.3 Å². The molecule has 0 radical (unpaired) electrons. The van der Waals surface area contributed by atoms with E-state index in [1.807, 2.05) is 6.07 Å². The predicted molar refractivity (Wildman–Crippen MR) is 49.4 cm³/mol. The van der Waals surface area contributed by atoms with Crippen LogP contribution in [0.2, 0.25) is 0 Å². The molecule has 1 aliphatic heterocycles. The molecular weight excluding hydrogens is 150 g/mol. The van der Waals surface area contributed by atoms with E-state index in [4.69, 9.17) is 10.5 Å². The third-order valence-corrected chi connectivity index (χ3v) is 2.36. The number of hydrogen-bond acceptors (Lipinski definition) is 2. The van der Waals surface area contributed by atoms with Gasteiger partial charge in [-0.15, -0.1) is 0 Å². The molecule has 2 rings (SSSR count). The Labute approximate surface area is 72.3 Å². The Morgan fingerprint density at radius 2 is 2.33 bits per heavy atom. The fraction of sp³-hybridized carbons (Fsp3) is 0.400. The first-order valence-corrected chi connectivity index (χ1v) is 4.36. The van der Waals surface area contributed by atoms with Crippen LogP contribution in [0.4, 0.5) is 5.69 Å². The van der Waals surface area contributed by atoms with Gasteiger partial charge in [-0.05, 0) is 18.1 Å². The summed E-state index contributed by atoms with van der Waals surface area (Å²) in [7, 11) is 0. The Morgan fingerprint density at radius 1 is 1.50 bits per heavy atom. The molecule has 12 heavy (non-hydrogen) atoms. The SMILES string of the molecule is CCc1ccc(N)c2c1OCC2. The number of benzene rings is 1. The van der Waals surface area contributed by atoms with Crippen molar-refractivity contribution in [2.75, 3.05) is 12.3 Å². The molecule has 1 aromatic rings. The lowest BCUT2D eigenvalue weighted by molar-refractivity contribution is 0.353. The summed E-state index contributed by atoms with van der Waals surface area (Å²) < 4.78 is 5.52. The zero-order valence-corrected chi connectivity index (χ0v) is 7.26. The highest BCUT2D eigenvalue weighted by molar-refractivity contribution is 5.59. The second-order valence-corrected chi connectivity index (χ2v) is 3.07. The molecule has 64 valence electrons. The minimum atomic E-state index is 0.788. The summed E-state index contributed by atoms with van der Waals surface area (Å²) in [4.78, 5) is 0. The molecule has 0 saturated carbocycles. The van der Waals surface area contributed by atoms with E-state index in [0.717, 1.165) is 30.9 Å². The number of nitrogen functional groups attached to an aromatic ring is 1. The Hall–Kier alpha value is -1.18. The van der Waals surface area contributed by atoms with Crippen molar-refractivity contribution in [2.45, 2.75) is 19.8 Å². The van der Waals surface area contributed by atoms with Gasteiger partial charge in [-0.2, -0.15) is 0 Å². The van der Waals surface area contributed by atoms with Gasteiger partial charge in [0.25, 0.3) is 0 Å². The Bertz CT molecular complexity index is 307. The van der Waals surface area contributed by atoms with Gasteiger partial charge in [-0.25, -0.2) is 0 Å². The summed E-state index contributed by atoms with van der Waals surface area (Å²) in [6, 6.07) is 4.03. The first kappa shape index (κ1) is 7.47. The van der Waals surface area contributed by atoms with Gasteiger partial charge in [-0.3, -0.25) is 0 Å². The van der Waals surface area contributed by atoms with Crippen LogP contribution in [0.15, 0.2) is 12.1 Å².